The van der Waals surface area contributed by atoms with Gasteiger partial charge in [0.05, 0.1) is 5.02 Å². The van der Waals surface area contributed by atoms with E-state index >= 15 is 0 Å². The number of benzene rings is 1. The zero-order chi connectivity index (χ0) is 13.9. The molecule has 0 heterocycles. The Morgan fingerprint density at radius 3 is 2.47 bits per heavy atom. The second-order valence-electron chi connectivity index (χ2n) is 5.29. The molecular weight excluding hydrogens is 267 g/mol. The van der Waals surface area contributed by atoms with E-state index < -0.39 is 11.4 Å². The number of halogens is 2. The molecule has 104 valence electrons. The zero-order valence-corrected chi connectivity index (χ0v) is 11.5. The van der Waals surface area contributed by atoms with Gasteiger partial charge in [-0.3, -0.25) is 4.79 Å². The van der Waals surface area contributed by atoms with Gasteiger partial charge in [0.25, 0.3) is 0 Å². The molecule has 0 unspecified atom stereocenters. The number of aliphatic hydroxyl groups is 1. The smallest absolute Gasteiger partial charge is 0.168 e. The minimum Gasteiger partial charge on any atom is -0.382 e. The highest BCUT2D eigenvalue weighted by molar-refractivity contribution is 6.30. The third kappa shape index (κ3) is 3.54. The fourth-order valence-electron chi connectivity index (χ4n) is 2.59. The Hall–Kier alpha value is -0.930. The maximum atomic E-state index is 13.3. The molecule has 1 saturated carbocycles. The predicted octanol–water partition coefficient (Wildman–Crippen LogP) is 3.68. The van der Waals surface area contributed by atoms with E-state index in [9.17, 15) is 14.3 Å². The van der Waals surface area contributed by atoms with Gasteiger partial charge in [-0.25, -0.2) is 4.39 Å². The first-order valence-corrected chi connectivity index (χ1v) is 7.09. The minimum absolute atomic E-state index is 0.0457. The average molecular weight is 285 g/mol. The Kier molecular flexibility index (Phi) is 4.58. The highest BCUT2D eigenvalue weighted by Gasteiger charge is 2.35. The molecule has 4 heteroatoms. The fraction of sp³-hybridized carbons (Fsp3) is 0.533. The lowest BCUT2D eigenvalue weighted by molar-refractivity contribution is -0.138. The number of carbonyl (C=O) groups is 1. The molecule has 0 saturated heterocycles. The summed E-state index contributed by atoms with van der Waals surface area (Å²) in [6, 6.07) is 4.33. The number of ketones is 1. The van der Waals surface area contributed by atoms with Gasteiger partial charge in [0.15, 0.2) is 5.78 Å². The number of rotatable bonds is 3. The summed E-state index contributed by atoms with van der Waals surface area (Å²) in [5.74, 6) is -0.740. The summed E-state index contributed by atoms with van der Waals surface area (Å²) in [5.41, 5.74) is -0.670. The molecule has 0 aliphatic heterocycles. The molecule has 0 radical (unpaired) electrons. The van der Waals surface area contributed by atoms with Crippen molar-refractivity contribution in [3.63, 3.8) is 0 Å². The lowest BCUT2D eigenvalue weighted by Gasteiger charge is -2.25. The van der Waals surface area contributed by atoms with Gasteiger partial charge in [-0.05, 0) is 30.5 Å². The van der Waals surface area contributed by atoms with E-state index in [0.717, 1.165) is 25.7 Å². The Balaban J connectivity index is 2.08. The van der Waals surface area contributed by atoms with Gasteiger partial charge in [0.2, 0.25) is 0 Å². The normalized spacial score (nSPS) is 18.9. The maximum absolute atomic E-state index is 13.3. The zero-order valence-electron chi connectivity index (χ0n) is 10.8. The van der Waals surface area contributed by atoms with Crippen molar-refractivity contribution in [2.45, 2.75) is 50.5 Å². The van der Waals surface area contributed by atoms with Crippen LogP contribution in [0.4, 0.5) is 4.39 Å². The van der Waals surface area contributed by atoms with Gasteiger partial charge in [0.1, 0.15) is 11.4 Å². The van der Waals surface area contributed by atoms with Gasteiger partial charge in [0, 0.05) is 6.42 Å². The van der Waals surface area contributed by atoms with Gasteiger partial charge < -0.3 is 5.11 Å². The first kappa shape index (κ1) is 14.5. The van der Waals surface area contributed by atoms with Crippen molar-refractivity contribution in [3.05, 3.63) is 34.6 Å². The second-order valence-corrected chi connectivity index (χ2v) is 5.70. The summed E-state index contributed by atoms with van der Waals surface area (Å²) in [6.07, 6.45) is 4.96. The van der Waals surface area contributed by atoms with Crippen LogP contribution in [0.5, 0.6) is 0 Å². The largest absolute Gasteiger partial charge is 0.382 e. The average Bonchev–Trinajstić information content (AvgIpc) is 2.60. The Bertz CT molecular complexity index is 465. The minimum atomic E-state index is -1.23. The standard InChI is InChI=1S/C15H18ClFO2/c16-12-6-5-11(9-13(12)17)10-14(18)15(19)7-3-1-2-4-8-15/h5-6,9,19H,1-4,7-8,10H2. The van der Waals surface area contributed by atoms with Crippen LogP contribution < -0.4 is 0 Å². The molecule has 0 bridgehead atoms. The SMILES string of the molecule is O=C(Cc1ccc(Cl)c(F)c1)C1(O)CCCCCC1. The molecule has 0 aromatic heterocycles. The maximum Gasteiger partial charge on any atom is 0.168 e. The number of carbonyl (C=O) groups excluding carboxylic acids is 1. The van der Waals surface area contributed by atoms with Crippen molar-refractivity contribution in [2.24, 2.45) is 0 Å². The Morgan fingerprint density at radius 2 is 1.89 bits per heavy atom. The first-order chi connectivity index (χ1) is 9.01. The van der Waals surface area contributed by atoms with Crippen molar-refractivity contribution < 1.29 is 14.3 Å². The predicted molar refractivity (Wildman–Crippen MR) is 72.8 cm³/mol. The molecule has 19 heavy (non-hydrogen) atoms. The molecule has 2 nitrogen and oxygen atoms in total. The lowest BCUT2D eigenvalue weighted by Crippen LogP contribution is -2.39. The van der Waals surface area contributed by atoms with Gasteiger partial charge >= 0.3 is 0 Å². The van der Waals surface area contributed by atoms with Crippen molar-refractivity contribution in [1.82, 2.24) is 0 Å². The molecule has 2 rings (SSSR count). The van der Waals surface area contributed by atoms with Crippen LogP contribution in [0.15, 0.2) is 18.2 Å². The highest BCUT2D eigenvalue weighted by Crippen LogP contribution is 2.29. The molecular formula is C15H18ClFO2. The van der Waals surface area contributed by atoms with Crippen molar-refractivity contribution in [1.29, 1.82) is 0 Å². The summed E-state index contributed by atoms with van der Waals surface area (Å²) in [7, 11) is 0. The van der Waals surface area contributed by atoms with E-state index in [1.807, 2.05) is 0 Å². The molecule has 1 aliphatic carbocycles. The van der Waals surface area contributed by atoms with Gasteiger partial charge in [-0.15, -0.1) is 0 Å². The number of hydrogen-bond donors (Lipinski definition) is 1. The highest BCUT2D eigenvalue weighted by atomic mass is 35.5. The van der Waals surface area contributed by atoms with Gasteiger partial charge in [-0.1, -0.05) is 43.4 Å². The summed E-state index contributed by atoms with van der Waals surface area (Å²) < 4.78 is 13.3. The monoisotopic (exact) mass is 284 g/mol. The van der Waals surface area contributed by atoms with E-state index in [1.165, 1.54) is 12.1 Å². The van der Waals surface area contributed by atoms with Crippen molar-refractivity contribution in [3.8, 4) is 0 Å². The van der Waals surface area contributed by atoms with Crippen molar-refractivity contribution >= 4 is 17.4 Å². The Morgan fingerprint density at radius 1 is 1.26 bits per heavy atom. The Labute approximate surface area is 117 Å². The van der Waals surface area contributed by atoms with Crippen molar-refractivity contribution in [2.75, 3.05) is 0 Å². The quantitative estimate of drug-likeness (QED) is 0.860. The van der Waals surface area contributed by atoms with E-state index in [1.54, 1.807) is 6.07 Å². The lowest BCUT2D eigenvalue weighted by atomic mass is 9.86. The molecule has 0 amide bonds. The topological polar surface area (TPSA) is 37.3 Å². The van der Waals surface area contributed by atoms with E-state index in [4.69, 9.17) is 11.6 Å². The molecule has 0 spiro atoms. The molecule has 1 aromatic carbocycles. The number of Topliss-reactive ketones (excluding diaryl/α,β-unsaturated/α-hetero) is 1. The van der Waals surface area contributed by atoms with E-state index in [0.29, 0.717) is 18.4 Å². The van der Waals surface area contributed by atoms with E-state index in [-0.39, 0.29) is 17.2 Å². The van der Waals surface area contributed by atoms with Crippen LogP contribution >= 0.6 is 11.6 Å². The molecule has 1 aromatic rings. The van der Waals surface area contributed by atoms with Crippen LogP contribution in [0, 0.1) is 5.82 Å². The van der Waals surface area contributed by atoms with Crippen LogP contribution in [-0.2, 0) is 11.2 Å². The summed E-state index contributed by atoms with van der Waals surface area (Å²) >= 11 is 5.61. The van der Waals surface area contributed by atoms with Crippen LogP contribution in [0.25, 0.3) is 0 Å². The van der Waals surface area contributed by atoms with Crippen LogP contribution in [0.3, 0.4) is 0 Å². The summed E-state index contributed by atoms with van der Waals surface area (Å²) in [5, 5.41) is 10.5. The third-order valence-electron chi connectivity index (χ3n) is 3.80. The van der Waals surface area contributed by atoms with Gasteiger partial charge in [-0.2, -0.15) is 0 Å². The molecule has 1 fully saturated rings. The summed E-state index contributed by atoms with van der Waals surface area (Å²) in [6.45, 7) is 0. The summed E-state index contributed by atoms with van der Waals surface area (Å²) in [4.78, 5) is 12.2. The number of hydrogen-bond acceptors (Lipinski definition) is 2. The third-order valence-corrected chi connectivity index (χ3v) is 4.10. The van der Waals surface area contributed by atoms with Crippen LogP contribution in [-0.4, -0.2) is 16.5 Å². The molecule has 0 atom stereocenters. The fourth-order valence-corrected chi connectivity index (χ4v) is 2.71. The second kappa shape index (κ2) is 6.02. The van der Waals surface area contributed by atoms with E-state index in [2.05, 4.69) is 0 Å². The first-order valence-electron chi connectivity index (χ1n) is 6.71. The molecule has 1 N–H and O–H groups in total. The van der Waals surface area contributed by atoms with Crippen LogP contribution in [0.2, 0.25) is 5.02 Å². The van der Waals surface area contributed by atoms with Crippen LogP contribution in [0.1, 0.15) is 44.1 Å². The molecule has 1 aliphatic rings.